The normalized spacial score (nSPS) is 15.0. The molecule has 1 aliphatic heterocycles. The maximum Gasteiger partial charge on any atom is 0.298 e. The maximum atomic E-state index is 12.8. The number of hydrogen-bond donors (Lipinski definition) is 0. The average Bonchev–Trinajstić information content (AvgIpc) is 3.31. The van der Waals surface area contributed by atoms with Crippen molar-refractivity contribution in [3.63, 3.8) is 0 Å². The Labute approximate surface area is 155 Å². The summed E-state index contributed by atoms with van der Waals surface area (Å²) in [7, 11) is 0. The number of benzene rings is 1. The van der Waals surface area contributed by atoms with Crippen molar-refractivity contribution in [2.45, 2.75) is 6.92 Å². The minimum absolute atomic E-state index is 0.0337. The van der Waals surface area contributed by atoms with Crippen LogP contribution in [-0.2, 0) is 0 Å². The summed E-state index contributed by atoms with van der Waals surface area (Å²) in [6.07, 6.45) is 3.73. The van der Waals surface area contributed by atoms with Gasteiger partial charge in [-0.25, -0.2) is 4.98 Å². The van der Waals surface area contributed by atoms with Gasteiger partial charge in [0, 0.05) is 38.6 Å². The third kappa shape index (κ3) is 2.81. The summed E-state index contributed by atoms with van der Waals surface area (Å²) in [5.74, 6) is -0.0337. The van der Waals surface area contributed by atoms with E-state index in [4.69, 9.17) is 4.42 Å². The molecule has 136 valence electrons. The van der Waals surface area contributed by atoms with E-state index in [-0.39, 0.29) is 5.91 Å². The summed E-state index contributed by atoms with van der Waals surface area (Å²) in [4.78, 5) is 25.8. The zero-order valence-electron chi connectivity index (χ0n) is 15.0. The first kappa shape index (κ1) is 15.9. The Balaban J connectivity index is 1.31. The molecular weight excluding hydrogens is 342 g/mol. The standard InChI is InChI=1S/C20H19N5O2/c1-14-6-7-25-13-16(21-18(25)12-14)19(26)23-8-10-24(11-9-23)20-22-15-4-2-3-5-17(15)27-20/h2-7,12-13H,8-11H2,1H3. The fourth-order valence-corrected chi connectivity index (χ4v) is 3.44. The molecule has 1 fully saturated rings. The second-order valence-corrected chi connectivity index (χ2v) is 6.84. The fraction of sp³-hybridized carbons (Fsp3) is 0.250. The molecule has 7 nitrogen and oxygen atoms in total. The van der Waals surface area contributed by atoms with Crippen molar-refractivity contribution in [1.29, 1.82) is 0 Å². The number of anilines is 1. The van der Waals surface area contributed by atoms with E-state index in [2.05, 4.69) is 14.9 Å². The molecule has 1 aromatic carbocycles. The summed E-state index contributed by atoms with van der Waals surface area (Å²) in [6, 6.07) is 12.3. The summed E-state index contributed by atoms with van der Waals surface area (Å²) in [5, 5.41) is 0. The number of hydrogen-bond acceptors (Lipinski definition) is 5. The summed E-state index contributed by atoms with van der Waals surface area (Å²) in [6.45, 7) is 4.62. The first-order chi connectivity index (χ1) is 13.2. The predicted molar refractivity (Wildman–Crippen MR) is 102 cm³/mol. The summed E-state index contributed by atoms with van der Waals surface area (Å²) < 4.78 is 7.72. The van der Waals surface area contributed by atoms with E-state index in [1.165, 1.54) is 0 Å². The van der Waals surface area contributed by atoms with Crippen molar-refractivity contribution in [1.82, 2.24) is 19.3 Å². The van der Waals surface area contributed by atoms with Gasteiger partial charge in [0.25, 0.3) is 11.9 Å². The van der Waals surface area contributed by atoms with Gasteiger partial charge in [-0.3, -0.25) is 4.79 Å². The van der Waals surface area contributed by atoms with Gasteiger partial charge in [-0.1, -0.05) is 12.1 Å². The Morgan fingerprint density at radius 3 is 2.70 bits per heavy atom. The molecule has 0 aliphatic carbocycles. The molecule has 0 N–H and O–H groups in total. The molecule has 1 saturated heterocycles. The van der Waals surface area contributed by atoms with Gasteiger partial charge in [0.1, 0.15) is 16.9 Å². The molecular formula is C20H19N5O2. The Hall–Kier alpha value is -3.35. The highest BCUT2D eigenvalue weighted by Crippen LogP contribution is 2.23. The van der Waals surface area contributed by atoms with Crippen LogP contribution in [0.15, 0.2) is 53.2 Å². The molecule has 27 heavy (non-hydrogen) atoms. The fourth-order valence-electron chi connectivity index (χ4n) is 3.44. The van der Waals surface area contributed by atoms with Crippen LogP contribution in [0.1, 0.15) is 16.1 Å². The molecule has 4 heterocycles. The van der Waals surface area contributed by atoms with Crippen LogP contribution in [0, 0.1) is 6.92 Å². The lowest BCUT2D eigenvalue weighted by atomic mass is 10.3. The van der Waals surface area contributed by atoms with Crippen LogP contribution in [-0.4, -0.2) is 51.4 Å². The maximum absolute atomic E-state index is 12.8. The number of rotatable bonds is 2. The third-order valence-corrected chi connectivity index (χ3v) is 4.95. The van der Waals surface area contributed by atoms with Gasteiger partial charge in [0.15, 0.2) is 5.58 Å². The molecule has 0 spiro atoms. The van der Waals surface area contributed by atoms with Crippen LogP contribution in [0.5, 0.6) is 0 Å². The van der Waals surface area contributed by atoms with Gasteiger partial charge in [-0.05, 0) is 36.8 Å². The van der Waals surface area contributed by atoms with Crippen molar-refractivity contribution in [3.8, 4) is 0 Å². The Morgan fingerprint density at radius 1 is 1.07 bits per heavy atom. The quantitative estimate of drug-likeness (QED) is 0.549. The number of amides is 1. The number of carbonyl (C=O) groups excluding carboxylic acids is 1. The van der Waals surface area contributed by atoms with Crippen molar-refractivity contribution in [2.24, 2.45) is 0 Å². The molecule has 4 aromatic rings. The van der Waals surface area contributed by atoms with Crippen LogP contribution < -0.4 is 4.90 Å². The lowest BCUT2D eigenvalue weighted by Crippen LogP contribution is -2.49. The van der Waals surface area contributed by atoms with Crippen molar-refractivity contribution >= 4 is 28.7 Å². The molecule has 1 amide bonds. The van der Waals surface area contributed by atoms with Gasteiger partial charge in [0.05, 0.1) is 0 Å². The smallest absolute Gasteiger partial charge is 0.298 e. The minimum atomic E-state index is -0.0337. The van der Waals surface area contributed by atoms with Crippen molar-refractivity contribution < 1.29 is 9.21 Å². The minimum Gasteiger partial charge on any atom is -0.423 e. The number of aromatic nitrogens is 3. The van der Waals surface area contributed by atoms with Gasteiger partial charge >= 0.3 is 0 Å². The van der Waals surface area contributed by atoms with Gasteiger partial charge in [0.2, 0.25) is 0 Å². The second-order valence-electron chi connectivity index (χ2n) is 6.84. The van der Waals surface area contributed by atoms with Crippen LogP contribution >= 0.6 is 0 Å². The highest BCUT2D eigenvalue weighted by molar-refractivity contribution is 5.93. The first-order valence-corrected chi connectivity index (χ1v) is 9.02. The van der Waals surface area contributed by atoms with E-state index >= 15 is 0 Å². The molecule has 0 bridgehead atoms. The molecule has 0 radical (unpaired) electrons. The van der Waals surface area contributed by atoms with Crippen LogP contribution in [0.4, 0.5) is 6.01 Å². The number of fused-ring (bicyclic) bond motifs is 2. The van der Waals surface area contributed by atoms with Crippen LogP contribution in [0.3, 0.4) is 0 Å². The molecule has 1 aliphatic rings. The topological polar surface area (TPSA) is 66.9 Å². The molecule has 5 rings (SSSR count). The highest BCUT2D eigenvalue weighted by Gasteiger charge is 2.26. The first-order valence-electron chi connectivity index (χ1n) is 9.02. The van der Waals surface area contributed by atoms with E-state index in [0.717, 1.165) is 22.3 Å². The SMILES string of the molecule is Cc1ccn2cc(C(=O)N3CCN(c4nc5ccccc5o4)CC3)nc2c1. The molecule has 3 aromatic heterocycles. The Bertz CT molecular complexity index is 1100. The molecule has 0 atom stereocenters. The van der Waals surface area contributed by atoms with E-state index in [9.17, 15) is 4.79 Å². The van der Waals surface area contributed by atoms with Gasteiger partial charge in [-0.15, -0.1) is 0 Å². The lowest BCUT2D eigenvalue weighted by molar-refractivity contribution is 0.0740. The lowest BCUT2D eigenvalue weighted by Gasteiger charge is -2.33. The number of oxazole rings is 1. The van der Waals surface area contributed by atoms with E-state index < -0.39 is 0 Å². The van der Waals surface area contributed by atoms with Crippen molar-refractivity contribution in [2.75, 3.05) is 31.1 Å². The largest absolute Gasteiger partial charge is 0.423 e. The molecule has 7 heteroatoms. The van der Waals surface area contributed by atoms with Gasteiger partial charge < -0.3 is 18.6 Å². The van der Waals surface area contributed by atoms with Crippen molar-refractivity contribution in [3.05, 3.63) is 60.0 Å². The summed E-state index contributed by atoms with van der Waals surface area (Å²) >= 11 is 0. The van der Waals surface area contributed by atoms with E-state index in [1.54, 1.807) is 6.20 Å². The van der Waals surface area contributed by atoms with E-state index in [1.807, 2.05) is 58.8 Å². The Morgan fingerprint density at radius 2 is 1.89 bits per heavy atom. The number of nitrogens with zero attached hydrogens (tertiary/aromatic N) is 5. The number of imidazole rings is 1. The van der Waals surface area contributed by atoms with Crippen LogP contribution in [0.2, 0.25) is 0 Å². The Kier molecular flexibility index (Phi) is 3.60. The number of carbonyl (C=O) groups is 1. The molecule has 0 unspecified atom stereocenters. The number of para-hydroxylation sites is 2. The monoisotopic (exact) mass is 361 g/mol. The third-order valence-electron chi connectivity index (χ3n) is 4.95. The van der Waals surface area contributed by atoms with Gasteiger partial charge in [-0.2, -0.15) is 4.98 Å². The predicted octanol–water partition coefficient (Wildman–Crippen LogP) is 2.75. The summed E-state index contributed by atoms with van der Waals surface area (Å²) in [5.41, 5.74) is 4.04. The zero-order chi connectivity index (χ0) is 18.4. The number of aryl methyl sites for hydroxylation is 1. The number of pyridine rings is 1. The highest BCUT2D eigenvalue weighted by atomic mass is 16.4. The van der Waals surface area contributed by atoms with Crippen LogP contribution in [0.25, 0.3) is 16.7 Å². The second kappa shape index (κ2) is 6.12. The average molecular weight is 361 g/mol. The number of piperazine rings is 1. The zero-order valence-corrected chi connectivity index (χ0v) is 15.0. The molecule has 0 saturated carbocycles. The van der Waals surface area contributed by atoms with E-state index in [0.29, 0.717) is 37.9 Å².